The van der Waals surface area contributed by atoms with Crippen molar-refractivity contribution < 1.29 is 14.3 Å². The van der Waals surface area contributed by atoms with E-state index in [1.54, 1.807) is 47.1 Å². The summed E-state index contributed by atoms with van der Waals surface area (Å²) in [7, 11) is 0. The first-order valence-corrected chi connectivity index (χ1v) is 7.60. The van der Waals surface area contributed by atoms with Gasteiger partial charge in [-0.2, -0.15) is 5.10 Å². The van der Waals surface area contributed by atoms with Crippen molar-refractivity contribution in [3.8, 4) is 5.69 Å². The number of carbonyl (C=O) groups is 2. The van der Waals surface area contributed by atoms with Gasteiger partial charge in [-0.3, -0.25) is 4.79 Å². The third-order valence-electron chi connectivity index (χ3n) is 3.84. The zero-order valence-electron chi connectivity index (χ0n) is 12.9. The van der Waals surface area contributed by atoms with Crippen molar-refractivity contribution in [1.82, 2.24) is 19.7 Å². The third kappa shape index (κ3) is 3.39. The molecule has 0 aliphatic carbocycles. The molecular weight excluding hydrogens is 296 g/mol. The van der Waals surface area contributed by atoms with Crippen LogP contribution in [0, 0.1) is 0 Å². The molecule has 1 amide bonds. The van der Waals surface area contributed by atoms with Gasteiger partial charge in [0.05, 0.1) is 11.3 Å². The summed E-state index contributed by atoms with van der Waals surface area (Å²) in [6, 6.07) is 6.79. The van der Waals surface area contributed by atoms with Crippen LogP contribution in [0.2, 0.25) is 0 Å². The number of carbonyl (C=O) groups excluding carboxylic acids is 2. The molecule has 1 aliphatic heterocycles. The molecule has 1 aromatic heterocycles. The maximum Gasteiger partial charge on any atom is 0.338 e. The van der Waals surface area contributed by atoms with E-state index < -0.39 is 12.1 Å². The number of esters is 1. The second-order valence-electron chi connectivity index (χ2n) is 5.47. The van der Waals surface area contributed by atoms with Crippen molar-refractivity contribution in [2.24, 2.45) is 0 Å². The van der Waals surface area contributed by atoms with Crippen molar-refractivity contribution in [1.29, 1.82) is 0 Å². The van der Waals surface area contributed by atoms with Gasteiger partial charge in [0, 0.05) is 13.1 Å². The largest absolute Gasteiger partial charge is 0.449 e. The highest BCUT2D eigenvalue weighted by molar-refractivity contribution is 5.92. The van der Waals surface area contributed by atoms with Gasteiger partial charge in [0.15, 0.2) is 6.10 Å². The van der Waals surface area contributed by atoms with E-state index in [4.69, 9.17) is 4.74 Å². The Morgan fingerprint density at radius 1 is 1.17 bits per heavy atom. The number of aromatic nitrogens is 3. The number of amides is 1. The summed E-state index contributed by atoms with van der Waals surface area (Å²) in [5, 5.41) is 4.02. The quantitative estimate of drug-likeness (QED) is 0.798. The molecule has 0 unspecified atom stereocenters. The topological polar surface area (TPSA) is 77.3 Å². The highest BCUT2D eigenvalue weighted by Crippen LogP contribution is 2.13. The minimum atomic E-state index is -0.768. The van der Waals surface area contributed by atoms with E-state index >= 15 is 0 Å². The maximum atomic E-state index is 12.2. The lowest BCUT2D eigenvalue weighted by Gasteiger charge is -2.20. The zero-order chi connectivity index (χ0) is 16.2. The Labute approximate surface area is 133 Å². The second-order valence-corrected chi connectivity index (χ2v) is 5.47. The van der Waals surface area contributed by atoms with E-state index in [2.05, 4.69) is 10.1 Å². The highest BCUT2D eigenvalue weighted by Gasteiger charge is 2.26. The molecule has 1 saturated heterocycles. The van der Waals surface area contributed by atoms with Gasteiger partial charge in [0.2, 0.25) is 0 Å². The van der Waals surface area contributed by atoms with E-state index in [-0.39, 0.29) is 5.91 Å². The monoisotopic (exact) mass is 314 g/mol. The minimum absolute atomic E-state index is 0.130. The lowest BCUT2D eigenvalue weighted by molar-refractivity contribution is -0.138. The fourth-order valence-corrected chi connectivity index (χ4v) is 2.57. The molecule has 0 N–H and O–H groups in total. The van der Waals surface area contributed by atoms with Crippen LogP contribution in [-0.2, 0) is 9.53 Å². The van der Waals surface area contributed by atoms with Crippen LogP contribution in [0.5, 0.6) is 0 Å². The molecule has 0 spiro atoms. The predicted molar refractivity (Wildman–Crippen MR) is 82.1 cm³/mol. The summed E-state index contributed by atoms with van der Waals surface area (Å²) in [6.45, 7) is 3.10. The number of hydrogen-bond donors (Lipinski definition) is 0. The van der Waals surface area contributed by atoms with Crippen LogP contribution < -0.4 is 0 Å². The van der Waals surface area contributed by atoms with Crippen LogP contribution >= 0.6 is 0 Å². The maximum absolute atomic E-state index is 12.2. The molecule has 0 saturated carbocycles. The summed E-state index contributed by atoms with van der Waals surface area (Å²) >= 11 is 0. The molecule has 1 aromatic carbocycles. The molecule has 2 aromatic rings. The van der Waals surface area contributed by atoms with E-state index in [1.807, 2.05) is 0 Å². The van der Waals surface area contributed by atoms with Gasteiger partial charge in [-0.25, -0.2) is 14.5 Å². The molecule has 1 fully saturated rings. The normalized spacial score (nSPS) is 15.4. The lowest BCUT2D eigenvalue weighted by atomic mass is 10.2. The van der Waals surface area contributed by atoms with Crippen molar-refractivity contribution in [2.45, 2.75) is 25.9 Å². The van der Waals surface area contributed by atoms with Crippen LogP contribution in [0.25, 0.3) is 5.69 Å². The Morgan fingerprint density at radius 2 is 1.87 bits per heavy atom. The van der Waals surface area contributed by atoms with E-state index in [0.717, 1.165) is 31.6 Å². The number of likely N-dealkylation sites (tertiary alicyclic amines) is 1. The standard InChI is InChI=1S/C16H18N4O3/c1-12(15(21)19-8-2-3-9-19)23-16(22)13-4-6-14(7-5-13)20-11-17-10-18-20/h4-7,10-12H,2-3,8-9H2,1H3/t12-/m0/s1. The molecule has 1 aliphatic rings. The summed E-state index contributed by atoms with van der Waals surface area (Å²) in [6.07, 6.45) is 4.26. The minimum Gasteiger partial charge on any atom is -0.449 e. The Morgan fingerprint density at radius 3 is 2.48 bits per heavy atom. The van der Waals surface area contributed by atoms with E-state index in [9.17, 15) is 9.59 Å². The number of rotatable bonds is 4. The van der Waals surface area contributed by atoms with Gasteiger partial charge < -0.3 is 9.64 Å². The van der Waals surface area contributed by atoms with Crippen molar-refractivity contribution in [3.63, 3.8) is 0 Å². The van der Waals surface area contributed by atoms with Gasteiger partial charge in [-0.1, -0.05) is 0 Å². The molecule has 7 nitrogen and oxygen atoms in total. The van der Waals surface area contributed by atoms with E-state index in [1.165, 1.54) is 6.33 Å². The first-order chi connectivity index (χ1) is 11.1. The molecular formula is C16H18N4O3. The first kappa shape index (κ1) is 15.2. The summed E-state index contributed by atoms with van der Waals surface area (Å²) < 4.78 is 6.87. The van der Waals surface area contributed by atoms with Gasteiger partial charge in [-0.05, 0) is 44.0 Å². The molecule has 0 radical (unpaired) electrons. The van der Waals surface area contributed by atoms with Crippen LogP contribution in [-0.4, -0.2) is 50.7 Å². The first-order valence-electron chi connectivity index (χ1n) is 7.60. The molecule has 23 heavy (non-hydrogen) atoms. The fraction of sp³-hybridized carbons (Fsp3) is 0.375. The Kier molecular flexibility index (Phi) is 4.36. The lowest BCUT2D eigenvalue weighted by Crippen LogP contribution is -2.38. The van der Waals surface area contributed by atoms with Crippen LogP contribution in [0.4, 0.5) is 0 Å². The van der Waals surface area contributed by atoms with Crippen molar-refractivity contribution in [3.05, 3.63) is 42.5 Å². The van der Waals surface area contributed by atoms with Crippen LogP contribution in [0.1, 0.15) is 30.1 Å². The molecule has 3 rings (SSSR count). The number of benzene rings is 1. The number of ether oxygens (including phenoxy) is 1. The molecule has 2 heterocycles. The van der Waals surface area contributed by atoms with Gasteiger partial charge >= 0.3 is 5.97 Å². The second kappa shape index (κ2) is 6.60. The Balaban J connectivity index is 1.62. The van der Waals surface area contributed by atoms with Gasteiger partial charge in [0.1, 0.15) is 12.7 Å². The number of nitrogens with zero attached hydrogens (tertiary/aromatic N) is 4. The fourth-order valence-electron chi connectivity index (χ4n) is 2.57. The SMILES string of the molecule is C[C@H](OC(=O)c1ccc(-n2cncn2)cc1)C(=O)N1CCCC1. The Hall–Kier alpha value is -2.70. The number of hydrogen-bond acceptors (Lipinski definition) is 5. The van der Waals surface area contributed by atoms with Gasteiger partial charge in [0.25, 0.3) is 5.91 Å². The smallest absolute Gasteiger partial charge is 0.338 e. The Bertz CT molecular complexity index is 676. The average molecular weight is 314 g/mol. The summed E-state index contributed by atoms with van der Waals surface area (Å²) in [5.41, 5.74) is 1.19. The van der Waals surface area contributed by atoms with Crippen molar-refractivity contribution >= 4 is 11.9 Å². The predicted octanol–water partition coefficient (Wildman–Crippen LogP) is 1.43. The molecule has 0 bridgehead atoms. The average Bonchev–Trinajstić information content (AvgIpc) is 3.27. The molecule has 120 valence electrons. The molecule has 7 heteroatoms. The van der Waals surface area contributed by atoms with Crippen LogP contribution in [0.15, 0.2) is 36.9 Å². The molecule has 1 atom stereocenters. The van der Waals surface area contributed by atoms with Crippen LogP contribution in [0.3, 0.4) is 0 Å². The highest BCUT2D eigenvalue weighted by atomic mass is 16.5. The third-order valence-corrected chi connectivity index (χ3v) is 3.84. The summed E-state index contributed by atoms with van der Waals surface area (Å²) in [5.74, 6) is -0.634. The van der Waals surface area contributed by atoms with Crippen molar-refractivity contribution in [2.75, 3.05) is 13.1 Å². The zero-order valence-corrected chi connectivity index (χ0v) is 12.9. The summed E-state index contributed by atoms with van der Waals surface area (Å²) in [4.78, 5) is 29.9. The van der Waals surface area contributed by atoms with E-state index in [0.29, 0.717) is 5.56 Å². The van der Waals surface area contributed by atoms with Gasteiger partial charge in [-0.15, -0.1) is 0 Å².